The van der Waals surface area contributed by atoms with Gasteiger partial charge < -0.3 is 5.32 Å². The lowest BCUT2D eigenvalue weighted by Crippen LogP contribution is -2.33. The summed E-state index contributed by atoms with van der Waals surface area (Å²) in [5.41, 5.74) is 0.630. The molecule has 0 radical (unpaired) electrons. The Balaban J connectivity index is 2.61. The van der Waals surface area contributed by atoms with Crippen molar-refractivity contribution in [3.05, 3.63) is 35.1 Å². The predicted octanol–water partition coefficient (Wildman–Crippen LogP) is 2.47. The lowest BCUT2D eigenvalue weighted by atomic mass is 10.0. The van der Waals surface area contributed by atoms with Gasteiger partial charge in [0.2, 0.25) is 0 Å². The highest BCUT2D eigenvalue weighted by Gasteiger charge is 2.26. The maximum absolute atomic E-state index is 12.9. The standard InChI is InChI=1S/C11H11F4NO/c1-7-2-3-8(12)4-9(7)10(17)5-16-6-11(13,14)15/h2-4,16H,5-6H2,1H3. The molecule has 0 heterocycles. The molecule has 0 bridgehead atoms. The molecule has 0 fully saturated rings. The molecule has 0 spiro atoms. The van der Waals surface area contributed by atoms with Gasteiger partial charge in [-0.05, 0) is 24.6 Å². The van der Waals surface area contributed by atoms with E-state index in [0.717, 1.165) is 6.07 Å². The lowest BCUT2D eigenvalue weighted by Gasteiger charge is -2.08. The summed E-state index contributed by atoms with van der Waals surface area (Å²) in [4.78, 5) is 11.5. The van der Waals surface area contributed by atoms with Gasteiger partial charge in [0.05, 0.1) is 13.1 Å². The van der Waals surface area contributed by atoms with Gasteiger partial charge in [-0.2, -0.15) is 13.2 Å². The molecule has 2 nitrogen and oxygen atoms in total. The summed E-state index contributed by atoms with van der Waals surface area (Å²) in [5, 5.41) is 1.97. The molecule has 1 rings (SSSR count). The van der Waals surface area contributed by atoms with Gasteiger partial charge in [-0.1, -0.05) is 6.07 Å². The second-order valence-corrected chi connectivity index (χ2v) is 3.60. The summed E-state index contributed by atoms with van der Waals surface area (Å²) in [6.45, 7) is -0.118. The third-order valence-corrected chi connectivity index (χ3v) is 2.11. The highest BCUT2D eigenvalue weighted by molar-refractivity contribution is 5.98. The predicted molar refractivity (Wildman–Crippen MR) is 54.4 cm³/mol. The van der Waals surface area contributed by atoms with E-state index in [4.69, 9.17) is 0 Å². The summed E-state index contributed by atoms with van der Waals surface area (Å²) in [5.74, 6) is -1.15. The van der Waals surface area contributed by atoms with Crippen LogP contribution in [0, 0.1) is 12.7 Å². The van der Waals surface area contributed by atoms with E-state index in [1.54, 1.807) is 6.92 Å². The van der Waals surface area contributed by atoms with E-state index >= 15 is 0 Å². The van der Waals surface area contributed by atoms with Crippen molar-refractivity contribution in [2.75, 3.05) is 13.1 Å². The Hall–Kier alpha value is -1.43. The minimum atomic E-state index is -4.36. The molecule has 1 aromatic rings. The number of benzene rings is 1. The van der Waals surface area contributed by atoms with Crippen molar-refractivity contribution in [1.29, 1.82) is 0 Å². The molecule has 0 saturated heterocycles. The Kier molecular flexibility index (Phi) is 4.22. The first kappa shape index (κ1) is 13.6. The third kappa shape index (κ3) is 4.52. The monoisotopic (exact) mass is 249 g/mol. The summed E-state index contributed by atoms with van der Waals surface area (Å²) in [6, 6.07) is 3.62. The number of halogens is 4. The molecule has 1 aromatic carbocycles. The van der Waals surface area contributed by atoms with E-state index in [-0.39, 0.29) is 5.56 Å². The number of hydrogen-bond donors (Lipinski definition) is 1. The van der Waals surface area contributed by atoms with Gasteiger partial charge in [0.25, 0.3) is 0 Å². The number of carbonyl (C=O) groups is 1. The Labute approximate surface area is 95.6 Å². The fraction of sp³-hybridized carbons (Fsp3) is 0.364. The first-order chi connectivity index (χ1) is 7.79. The second-order valence-electron chi connectivity index (χ2n) is 3.60. The van der Waals surface area contributed by atoms with Crippen molar-refractivity contribution in [2.24, 2.45) is 0 Å². The number of aryl methyl sites for hydroxylation is 1. The van der Waals surface area contributed by atoms with E-state index in [0.29, 0.717) is 5.56 Å². The molecule has 0 aliphatic carbocycles. The lowest BCUT2D eigenvalue weighted by molar-refractivity contribution is -0.124. The van der Waals surface area contributed by atoms with Crippen molar-refractivity contribution < 1.29 is 22.4 Å². The quantitative estimate of drug-likeness (QED) is 0.656. The average molecular weight is 249 g/mol. The fourth-order valence-electron chi connectivity index (χ4n) is 1.31. The van der Waals surface area contributed by atoms with Crippen LogP contribution in [0.5, 0.6) is 0 Å². The summed E-state index contributed by atoms with van der Waals surface area (Å²) in [6.07, 6.45) is -4.36. The summed E-state index contributed by atoms with van der Waals surface area (Å²) >= 11 is 0. The van der Waals surface area contributed by atoms with Gasteiger partial charge in [0.15, 0.2) is 5.78 Å². The molecule has 0 aromatic heterocycles. The summed E-state index contributed by atoms with van der Waals surface area (Å²) in [7, 11) is 0. The molecule has 1 N–H and O–H groups in total. The Morgan fingerprint density at radius 3 is 2.59 bits per heavy atom. The van der Waals surface area contributed by atoms with E-state index < -0.39 is 30.9 Å². The highest BCUT2D eigenvalue weighted by Crippen LogP contribution is 2.13. The first-order valence-electron chi connectivity index (χ1n) is 4.86. The van der Waals surface area contributed by atoms with Gasteiger partial charge >= 0.3 is 6.18 Å². The van der Waals surface area contributed by atoms with Gasteiger partial charge in [0.1, 0.15) is 5.82 Å². The Morgan fingerprint density at radius 1 is 1.35 bits per heavy atom. The Bertz CT molecular complexity index is 414. The molecule has 6 heteroatoms. The smallest absolute Gasteiger partial charge is 0.302 e. The van der Waals surface area contributed by atoms with Crippen LogP contribution in [0.25, 0.3) is 0 Å². The van der Waals surface area contributed by atoms with Crippen LogP contribution >= 0.6 is 0 Å². The highest BCUT2D eigenvalue weighted by atomic mass is 19.4. The zero-order valence-electron chi connectivity index (χ0n) is 9.07. The van der Waals surface area contributed by atoms with Gasteiger partial charge in [-0.3, -0.25) is 4.79 Å². The van der Waals surface area contributed by atoms with Crippen molar-refractivity contribution >= 4 is 5.78 Å². The Morgan fingerprint density at radius 2 is 2.00 bits per heavy atom. The van der Waals surface area contributed by atoms with Crippen LogP contribution in [0.4, 0.5) is 17.6 Å². The van der Waals surface area contributed by atoms with Crippen LogP contribution < -0.4 is 5.32 Å². The largest absolute Gasteiger partial charge is 0.401 e. The van der Waals surface area contributed by atoms with Crippen LogP contribution in [0.1, 0.15) is 15.9 Å². The van der Waals surface area contributed by atoms with Crippen LogP contribution in [-0.4, -0.2) is 25.0 Å². The molecule has 0 aliphatic heterocycles. The number of alkyl halides is 3. The van der Waals surface area contributed by atoms with E-state index in [1.165, 1.54) is 12.1 Å². The van der Waals surface area contributed by atoms with E-state index in [2.05, 4.69) is 0 Å². The van der Waals surface area contributed by atoms with Crippen LogP contribution in [0.15, 0.2) is 18.2 Å². The minimum Gasteiger partial charge on any atom is -0.302 e. The van der Waals surface area contributed by atoms with E-state index in [9.17, 15) is 22.4 Å². The normalized spacial score (nSPS) is 11.6. The first-order valence-corrected chi connectivity index (χ1v) is 4.86. The zero-order valence-corrected chi connectivity index (χ0v) is 9.07. The van der Waals surface area contributed by atoms with Gasteiger partial charge in [0, 0.05) is 5.56 Å². The molecule has 0 unspecified atom stereocenters. The van der Waals surface area contributed by atoms with Gasteiger partial charge in [-0.15, -0.1) is 0 Å². The molecule has 0 aliphatic rings. The number of Topliss-reactive ketones (excluding diaryl/α,β-unsaturated/α-hetero) is 1. The maximum atomic E-state index is 12.9. The maximum Gasteiger partial charge on any atom is 0.401 e. The van der Waals surface area contributed by atoms with Crippen molar-refractivity contribution in [3.8, 4) is 0 Å². The van der Waals surface area contributed by atoms with Gasteiger partial charge in [-0.25, -0.2) is 4.39 Å². The molecular formula is C11H11F4NO. The zero-order chi connectivity index (χ0) is 13.1. The molecule has 0 amide bonds. The number of rotatable bonds is 4. The second kappa shape index (κ2) is 5.27. The number of carbonyl (C=O) groups excluding carboxylic acids is 1. The van der Waals surface area contributed by atoms with Crippen LogP contribution in [0.2, 0.25) is 0 Å². The molecule has 0 saturated carbocycles. The van der Waals surface area contributed by atoms with Crippen molar-refractivity contribution in [2.45, 2.75) is 13.1 Å². The molecule has 0 atom stereocenters. The number of ketones is 1. The third-order valence-electron chi connectivity index (χ3n) is 2.11. The van der Waals surface area contributed by atoms with Crippen molar-refractivity contribution in [1.82, 2.24) is 5.32 Å². The SMILES string of the molecule is Cc1ccc(F)cc1C(=O)CNCC(F)(F)F. The topological polar surface area (TPSA) is 29.1 Å². The number of hydrogen-bond acceptors (Lipinski definition) is 2. The van der Waals surface area contributed by atoms with Crippen molar-refractivity contribution in [3.63, 3.8) is 0 Å². The molecule has 94 valence electrons. The minimum absolute atomic E-state index is 0.0969. The number of nitrogens with one attached hydrogen (secondary N) is 1. The fourth-order valence-corrected chi connectivity index (χ4v) is 1.31. The molecular weight excluding hydrogens is 238 g/mol. The van der Waals surface area contributed by atoms with Crippen LogP contribution in [0.3, 0.4) is 0 Å². The molecule has 17 heavy (non-hydrogen) atoms. The summed E-state index contributed by atoms with van der Waals surface area (Å²) < 4.78 is 48.3. The average Bonchev–Trinajstić information content (AvgIpc) is 2.19. The van der Waals surface area contributed by atoms with E-state index in [1.807, 2.05) is 5.32 Å². The van der Waals surface area contributed by atoms with Crippen LogP contribution in [-0.2, 0) is 0 Å².